The van der Waals surface area contributed by atoms with E-state index < -0.39 is 0 Å². The van der Waals surface area contributed by atoms with Crippen LogP contribution >= 0.6 is 11.6 Å². The van der Waals surface area contributed by atoms with Crippen LogP contribution in [0.4, 0.5) is 10.5 Å². The average Bonchev–Trinajstić information content (AvgIpc) is 3.35. The number of carbonyl (C=O) groups excluding carboxylic acids is 1. The quantitative estimate of drug-likeness (QED) is 0.751. The van der Waals surface area contributed by atoms with Gasteiger partial charge < -0.3 is 10.2 Å². The lowest BCUT2D eigenvalue weighted by molar-refractivity contribution is 0.207. The second kappa shape index (κ2) is 7.17. The minimum atomic E-state index is -0.110. The van der Waals surface area contributed by atoms with Gasteiger partial charge in [0.1, 0.15) is 12.7 Å². The number of aromatic nitrogens is 3. The predicted molar refractivity (Wildman–Crippen MR) is 101 cm³/mol. The Morgan fingerprint density at radius 2 is 1.96 bits per heavy atom. The van der Waals surface area contributed by atoms with Crippen LogP contribution in [0.3, 0.4) is 0 Å². The van der Waals surface area contributed by atoms with Crippen molar-refractivity contribution in [3.05, 3.63) is 71.8 Å². The summed E-state index contributed by atoms with van der Waals surface area (Å²) in [7, 11) is 0. The van der Waals surface area contributed by atoms with Gasteiger partial charge in [0.05, 0.1) is 11.7 Å². The molecule has 4 rings (SSSR count). The molecule has 1 aliphatic rings. The molecule has 1 aromatic heterocycles. The highest BCUT2D eigenvalue weighted by Gasteiger charge is 2.31. The highest BCUT2D eigenvalue weighted by Crippen LogP contribution is 2.36. The van der Waals surface area contributed by atoms with Gasteiger partial charge in [-0.3, -0.25) is 0 Å². The van der Waals surface area contributed by atoms with Crippen molar-refractivity contribution < 1.29 is 4.79 Å². The fourth-order valence-electron chi connectivity index (χ4n) is 3.31. The Morgan fingerprint density at radius 1 is 1.15 bits per heavy atom. The van der Waals surface area contributed by atoms with Crippen molar-refractivity contribution in [1.82, 2.24) is 19.7 Å². The van der Waals surface area contributed by atoms with E-state index in [0.29, 0.717) is 5.02 Å². The topological polar surface area (TPSA) is 63.1 Å². The lowest BCUT2D eigenvalue weighted by atomic mass is 10.0. The van der Waals surface area contributed by atoms with E-state index in [0.717, 1.165) is 36.3 Å². The molecule has 1 fully saturated rings. The molecule has 0 saturated carbocycles. The van der Waals surface area contributed by atoms with Gasteiger partial charge in [-0.2, -0.15) is 5.10 Å². The number of nitrogens with zero attached hydrogens (tertiary/aromatic N) is 4. The van der Waals surface area contributed by atoms with E-state index in [1.165, 1.54) is 6.33 Å². The number of amides is 2. The minimum Gasteiger partial charge on any atom is -0.317 e. The van der Waals surface area contributed by atoms with Crippen molar-refractivity contribution in [1.29, 1.82) is 0 Å². The first-order chi connectivity index (χ1) is 12.7. The van der Waals surface area contributed by atoms with Gasteiger partial charge in [0.15, 0.2) is 0 Å². The monoisotopic (exact) mass is 367 g/mol. The summed E-state index contributed by atoms with van der Waals surface area (Å²) in [5.74, 6) is 0. The molecule has 1 saturated heterocycles. The third-order valence-electron chi connectivity index (χ3n) is 4.58. The van der Waals surface area contributed by atoms with Crippen LogP contribution in [0.5, 0.6) is 0 Å². The second-order valence-electron chi connectivity index (χ2n) is 6.19. The number of rotatable bonds is 3. The van der Waals surface area contributed by atoms with Crippen LogP contribution in [0.25, 0.3) is 5.69 Å². The van der Waals surface area contributed by atoms with Gasteiger partial charge in [-0.05, 0) is 48.7 Å². The van der Waals surface area contributed by atoms with Gasteiger partial charge in [0.2, 0.25) is 0 Å². The lowest BCUT2D eigenvalue weighted by Crippen LogP contribution is -2.34. The molecular formula is C19H18ClN5O. The van der Waals surface area contributed by atoms with Crippen molar-refractivity contribution in [3.8, 4) is 5.69 Å². The molecule has 2 amide bonds. The number of carbonyl (C=O) groups is 1. The molecule has 6 nitrogen and oxygen atoms in total. The van der Waals surface area contributed by atoms with E-state index in [4.69, 9.17) is 11.6 Å². The van der Waals surface area contributed by atoms with E-state index in [1.807, 2.05) is 53.4 Å². The molecule has 2 heterocycles. The fraction of sp³-hybridized carbons (Fsp3) is 0.211. The predicted octanol–water partition coefficient (Wildman–Crippen LogP) is 4.29. The molecule has 0 spiro atoms. The van der Waals surface area contributed by atoms with Gasteiger partial charge in [0.25, 0.3) is 0 Å². The summed E-state index contributed by atoms with van der Waals surface area (Å²) in [5.41, 5.74) is 2.63. The molecule has 3 aromatic rings. The van der Waals surface area contributed by atoms with E-state index in [2.05, 4.69) is 15.4 Å². The summed E-state index contributed by atoms with van der Waals surface area (Å²) in [6.07, 6.45) is 5.00. The number of hydrogen-bond acceptors (Lipinski definition) is 3. The molecule has 1 aliphatic heterocycles. The van der Waals surface area contributed by atoms with Gasteiger partial charge in [-0.15, -0.1) is 0 Å². The Hall–Kier alpha value is -2.86. The smallest absolute Gasteiger partial charge is 0.317 e. The molecule has 1 unspecified atom stereocenters. The van der Waals surface area contributed by atoms with Crippen molar-refractivity contribution in [2.24, 2.45) is 0 Å². The lowest BCUT2D eigenvalue weighted by Gasteiger charge is -2.26. The number of nitrogens with one attached hydrogen (secondary N) is 1. The van der Waals surface area contributed by atoms with Crippen LogP contribution in [-0.2, 0) is 0 Å². The van der Waals surface area contributed by atoms with Crippen LogP contribution < -0.4 is 5.32 Å². The Bertz CT molecular complexity index is 895. The Kier molecular flexibility index (Phi) is 4.58. The Morgan fingerprint density at radius 3 is 2.69 bits per heavy atom. The summed E-state index contributed by atoms with van der Waals surface area (Å²) in [6, 6.07) is 15.1. The number of urea groups is 1. The fourth-order valence-corrected chi connectivity index (χ4v) is 3.57. The summed E-state index contributed by atoms with van der Waals surface area (Å²) < 4.78 is 1.67. The van der Waals surface area contributed by atoms with Gasteiger partial charge >= 0.3 is 6.03 Å². The number of anilines is 1. The number of likely N-dealkylation sites (tertiary alicyclic amines) is 1. The van der Waals surface area contributed by atoms with E-state index in [9.17, 15) is 4.79 Å². The van der Waals surface area contributed by atoms with Crippen LogP contribution in [0.2, 0.25) is 5.02 Å². The first-order valence-corrected chi connectivity index (χ1v) is 8.87. The van der Waals surface area contributed by atoms with E-state index >= 15 is 0 Å². The van der Waals surface area contributed by atoms with Gasteiger partial charge in [0, 0.05) is 17.3 Å². The highest BCUT2D eigenvalue weighted by atomic mass is 35.5. The molecule has 1 N–H and O–H groups in total. The summed E-state index contributed by atoms with van der Waals surface area (Å²) in [5, 5.41) is 7.77. The molecule has 2 aromatic carbocycles. The standard InChI is InChI=1S/C19H18ClN5O/c20-17-5-2-1-4-16(17)18-6-3-11-24(18)19(26)23-14-7-9-15(10-8-14)25-13-21-12-22-25/h1-2,4-5,7-10,12-13,18H,3,6,11H2,(H,23,26). The molecule has 1 atom stereocenters. The van der Waals surface area contributed by atoms with Crippen molar-refractivity contribution in [2.75, 3.05) is 11.9 Å². The molecule has 132 valence electrons. The van der Waals surface area contributed by atoms with Crippen molar-refractivity contribution >= 4 is 23.3 Å². The molecule has 0 radical (unpaired) electrons. The van der Waals surface area contributed by atoms with Gasteiger partial charge in [-0.25, -0.2) is 14.5 Å². The first kappa shape index (κ1) is 16.6. The maximum Gasteiger partial charge on any atom is 0.322 e. The first-order valence-electron chi connectivity index (χ1n) is 8.49. The Balaban J connectivity index is 1.48. The Labute approximate surface area is 156 Å². The second-order valence-corrected chi connectivity index (χ2v) is 6.60. The molecular weight excluding hydrogens is 350 g/mol. The maximum absolute atomic E-state index is 12.8. The molecule has 26 heavy (non-hydrogen) atoms. The van der Waals surface area contributed by atoms with Crippen LogP contribution in [0, 0.1) is 0 Å². The van der Waals surface area contributed by atoms with Gasteiger partial charge in [-0.1, -0.05) is 29.8 Å². The minimum absolute atomic E-state index is 0.0121. The zero-order valence-corrected chi connectivity index (χ0v) is 14.8. The SMILES string of the molecule is O=C(Nc1ccc(-n2cncn2)cc1)N1CCCC1c1ccccc1Cl. The normalized spacial score (nSPS) is 16.7. The molecule has 0 bridgehead atoms. The summed E-state index contributed by atoms with van der Waals surface area (Å²) in [6.45, 7) is 0.721. The average molecular weight is 368 g/mol. The largest absolute Gasteiger partial charge is 0.322 e. The molecule has 7 heteroatoms. The van der Waals surface area contributed by atoms with Crippen molar-refractivity contribution in [2.45, 2.75) is 18.9 Å². The van der Waals surface area contributed by atoms with Crippen LogP contribution in [0.1, 0.15) is 24.4 Å². The molecule has 0 aliphatic carbocycles. The summed E-state index contributed by atoms with van der Waals surface area (Å²) in [4.78, 5) is 18.6. The zero-order chi connectivity index (χ0) is 17.9. The number of benzene rings is 2. The van der Waals surface area contributed by atoms with E-state index in [1.54, 1.807) is 11.0 Å². The number of halogens is 1. The highest BCUT2D eigenvalue weighted by molar-refractivity contribution is 6.31. The zero-order valence-electron chi connectivity index (χ0n) is 14.0. The van der Waals surface area contributed by atoms with E-state index in [-0.39, 0.29) is 12.1 Å². The number of hydrogen-bond donors (Lipinski definition) is 1. The third kappa shape index (κ3) is 3.28. The van der Waals surface area contributed by atoms with Crippen LogP contribution in [-0.4, -0.2) is 32.2 Å². The summed E-state index contributed by atoms with van der Waals surface area (Å²) >= 11 is 6.33. The maximum atomic E-state index is 12.8. The van der Waals surface area contributed by atoms with Crippen molar-refractivity contribution in [3.63, 3.8) is 0 Å². The van der Waals surface area contributed by atoms with Crippen LogP contribution in [0.15, 0.2) is 61.2 Å². The third-order valence-corrected chi connectivity index (χ3v) is 4.92.